The first-order chi connectivity index (χ1) is 11.9. The number of halogens is 2. The van der Waals surface area contributed by atoms with Gasteiger partial charge in [-0.1, -0.05) is 46.2 Å². The Balaban J connectivity index is 2.78. The smallest absolute Gasteiger partial charge is 0.250 e. The SMILES string of the molecule is CCCC(F)(F)C[C@H](N)C(=O)N[C@@H](CC)C(=O)c1noc(C(C)(C)C)n1. The first-order valence-electron chi connectivity index (χ1n) is 8.73. The number of amides is 1. The topological polar surface area (TPSA) is 111 Å². The number of carbonyl (C=O) groups is 2. The highest BCUT2D eigenvalue weighted by molar-refractivity contribution is 5.99. The number of aromatic nitrogens is 2. The van der Waals surface area contributed by atoms with Crippen molar-refractivity contribution in [3.63, 3.8) is 0 Å². The van der Waals surface area contributed by atoms with Gasteiger partial charge >= 0.3 is 0 Å². The fraction of sp³-hybridized carbons (Fsp3) is 0.765. The summed E-state index contributed by atoms with van der Waals surface area (Å²) in [6.07, 6.45) is -0.594. The Morgan fingerprint density at radius 2 is 1.88 bits per heavy atom. The first kappa shape index (κ1) is 22.1. The average molecular weight is 374 g/mol. The largest absolute Gasteiger partial charge is 0.344 e. The first-order valence-corrected chi connectivity index (χ1v) is 8.73. The summed E-state index contributed by atoms with van der Waals surface area (Å²) in [7, 11) is 0. The van der Waals surface area contributed by atoms with Gasteiger partial charge in [0.25, 0.3) is 0 Å². The standard InChI is InChI=1S/C17H28F2N4O3/c1-6-8-17(18,19)9-10(20)14(25)21-11(7-2)12(24)13-22-15(26-23-13)16(3,4)5/h10-11H,6-9,20H2,1-5H3,(H,21,25)/t10-,11-/m0/s1. The third kappa shape index (κ3) is 6.12. The van der Waals surface area contributed by atoms with E-state index in [1.165, 1.54) is 0 Å². The minimum atomic E-state index is -3.02. The minimum absolute atomic E-state index is 0.160. The van der Waals surface area contributed by atoms with E-state index in [9.17, 15) is 18.4 Å². The number of hydrogen-bond donors (Lipinski definition) is 2. The van der Waals surface area contributed by atoms with Crippen molar-refractivity contribution in [2.75, 3.05) is 0 Å². The monoisotopic (exact) mass is 374 g/mol. The molecule has 9 heteroatoms. The normalized spacial score (nSPS) is 14.8. The number of rotatable bonds is 9. The lowest BCUT2D eigenvalue weighted by Gasteiger charge is -2.21. The third-order valence-electron chi connectivity index (χ3n) is 3.80. The van der Waals surface area contributed by atoms with Crippen LogP contribution >= 0.6 is 0 Å². The number of nitrogens with one attached hydrogen (secondary N) is 1. The molecule has 0 aliphatic heterocycles. The maximum Gasteiger partial charge on any atom is 0.250 e. The van der Waals surface area contributed by atoms with Crippen LogP contribution in [0.1, 0.15) is 76.8 Å². The Hall–Kier alpha value is -1.90. The number of Topliss-reactive ketones (excluding diaryl/α,β-unsaturated/α-hetero) is 1. The highest BCUT2D eigenvalue weighted by Gasteiger charge is 2.35. The number of ketones is 1. The second kappa shape index (κ2) is 8.66. The lowest BCUT2D eigenvalue weighted by Crippen LogP contribution is -2.50. The molecule has 0 aliphatic rings. The quantitative estimate of drug-likeness (QED) is 0.643. The molecule has 1 amide bonds. The van der Waals surface area contributed by atoms with E-state index in [-0.39, 0.29) is 31.0 Å². The van der Waals surface area contributed by atoms with Crippen LogP contribution in [0.15, 0.2) is 4.52 Å². The fourth-order valence-electron chi connectivity index (χ4n) is 2.30. The molecule has 0 saturated carbocycles. The molecule has 148 valence electrons. The molecule has 1 aromatic rings. The summed E-state index contributed by atoms with van der Waals surface area (Å²) in [6, 6.07) is -2.37. The summed E-state index contributed by atoms with van der Waals surface area (Å²) < 4.78 is 32.3. The van der Waals surface area contributed by atoms with E-state index in [0.29, 0.717) is 0 Å². The van der Waals surface area contributed by atoms with E-state index in [1.54, 1.807) is 13.8 Å². The second-order valence-corrected chi connectivity index (χ2v) is 7.42. The van der Waals surface area contributed by atoms with Gasteiger partial charge in [-0.05, 0) is 6.42 Å². The van der Waals surface area contributed by atoms with Gasteiger partial charge in [0.1, 0.15) is 0 Å². The van der Waals surface area contributed by atoms with Crippen LogP contribution in [0.5, 0.6) is 0 Å². The molecule has 26 heavy (non-hydrogen) atoms. The molecule has 3 N–H and O–H groups in total. The molecule has 0 aliphatic carbocycles. The van der Waals surface area contributed by atoms with Gasteiger partial charge in [-0.25, -0.2) is 8.78 Å². The third-order valence-corrected chi connectivity index (χ3v) is 3.80. The van der Waals surface area contributed by atoms with Crippen LogP contribution in [0.25, 0.3) is 0 Å². The number of carbonyl (C=O) groups excluding carboxylic acids is 2. The molecule has 0 unspecified atom stereocenters. The summed E-state index contributed by atoms with van der Waals surface area (Å²) in [6.45, 7) is 8.85. The molecule has 0 fully saturated rings. The summed E-state index contributed by atoms with van der Waals surface area (Å²) in [5, 5.41) is 6.06. The van der Waals surface area contributed by atoms with Crippen LogP contribution in [0, 0.1) is 0 Å². The Labute approximate surface area is 152 Å². The number of hydrogen-bond acceptors (Lipinski definition) is 6. The van der Waals surface area contributed by atoms with Crippen LogP contribution < -0.4 is 11.1 Å². The van der Waals surface area contributed by atoms with Crippen molar-refractivity contribution in [2.45, 2.75) is 83.7 Å². The van der Waals surface area contributed by atoms with Crippen LogP contribution in [0.3, 0.4) is 0 Å². The van der Waals surface area contributed by atoms with Gasteiger partial charge in [0.2, 0.25) is 29.3 Å². The number of alkyl halides is 2. The summed E-state index contributed by atoms with van der Waals surface area (Å²) in [4.78, 5) is 28.6. The van der Waals surface area contributed by atoms with Crippen LogP contribution in [0.2, 0.25) is 0 Å². The van der Waals surface area contributed by atoms with E-state index in [0.717, 1.165) is 0 Å². The highest BCUT2D eigenvalue weighted by Crippen LogP contribution is 2.25. The molecule has 1 heterocycles. The minimum Gasteiger partial charge on any atom is -0.344 e. The maximum atomic E-state index is 13.6. The number of nitrogens with zero attached hydrogens (tertiary/aromatic N) is 2. The van der Waals surface area contributed by atoms with Crippen LogP contribution in [0.4, 0.5) is 8.78 Å². The van der Waals surface area contributed by atoms with E-state index in [4.69, 9.17) is 10.3 Å². The van der Waals surface area contributed by atoms with Crippen molar-refractivity contribution in [3.8, 4) is 0 Å². The zero-order valence-electron chi connectivity index (χ0n) is 15.9. The van der Waals surface area contributed by atoms with Gasteiger partial charge in [0.15, 0.2) is 0 Å². The van der Waals surface area contributed by atoms with Gasteiger partial charge < -0.3 is 15.6 Å². The molecule has 2 atom stereocenters. The van der Waals surface area contributed by atoms with Crippen molar-refractivity contribution >= 4 is 11.7 Å². The molecule has 0 aromatic carbocycles. The lowest BCUT2D eigenvalue weighted by molar-refractivity contribution is -0.125. The van der Waals surface area contributed by atoms with Gasteiger partial charge in [0, 0.05) is 18.3 Å². The lowest BCUT2D eigenvalue weighted by atomic mass is 9.97. The molecule has 0 saturated heterocycles. The van der Waals surface area contributed by atoms with E-state index in [1.807, 2.05) is 20.8 Å². The second-order valence-electron chi connectivity index (χ2n) is 7.42. The highest BCUT2D eigenvalue weighted by atomic mass is 19.3. The van der Waals surface area contributed by atoms with Gasteiger partial charge in [-0.15, -0.1) is 0 Å². The van der Waals surface area contributed by atoms with Gasteiger partial charge in [-0.3, -0.25) is 9.59 Å². The fourth-order valence-corrected chi connectivity index (χ4v) is 2.30. The zero-order chi connectivity index (χ0) is 20.1. The average Bonchev–Trinajstić information content (AvgIpc) is 3.01. The molecule has 7 nitrogen and oxygen atoms in total. The summed E-state index contributed by atoms with van der Waals surface area (Å²) in [5.41, 5.74) is 5.16. The summed E-state index contributed by atoms with van der Waals surface area (Å²) in [5.74, 6) is -4.25. The van der Waals surface area contributed by atoms with Crippen LogP contribution in [-0.4, -0.2) is 39.8 Å². The van der Waals surface area contributed by atoms with E-state index < -0.39 is 41.5 Å². The van der Waals surface area contributed by atoms with E-state index in [2.05, 4.69) is 15.5 Å². The summed E-state index contributed by atoms with van der Waals surface area (Å²) >= 11 is 0. The predicted octanol–water partition coefficient (Wildman–Crippen LogP) is 2.60. The van der Waals surface area contributed by atoms with Crippen molar-refractivity contribution in [3.05, 3.63) is 11.7 Å². The number of nitrogens with two attached hydrogens (primary N) is 1. The van der Waals surface area contributed by atoms with Gasteiger partial charge in [0.05, 0.1) is 12.1 Å². The zero-order valence-corrected chi connectivity index (χ0v) is 15.9. The molecule has 0 bridgehead atoms. The molecule has 0 spiro atoms. The predicted molar refractivity (Wildman–Crippen MR) is 92.0 cm³/mol. The van der Waals surface area contributed by atoms with Crippen molar-refractivity contribution in [2.24, 2.45) is 5.73 Å². The van der Waals surface area contributed by atoms with Crippen LogP contribution in [-0.2, 0) is 10.2 Å². The Morgan fingerprint density at radius 1 is 1.27 bits per heavy atom. The van der Waals surface area contributed by atoms with Gasteiger partial charge in [-0.2, -0.15) is 4.98 Å². The van der Waals surface area contributed by atoms with Crippen molar-refractivity contribution in [1.29, 1.82) is 0 Å². The molecular weight excluding hydrogens is 346 g/mol. The molecule has 0 radical (unpaired) electrons. The molecule has 1 aromatic heterocycles. The van der Waals surface area contributed by atoms with E-state index >= 15 is 0 Å². The van der Waals surface area contributed by atoms with Crippen molar-refractivity contribution in [1.82, 2.24) is 15.5 Å². The Bertz CT molecular complexity index is 626. The Morgan fingerprint density at radius 3 is 2.35 bits per heavy atom. The maximum absolute atomic E-state index is 13.6. The molecule has 1 rings (SSSR count). The Kier molecular flexibility index (Phi) is 7.37. The molecular formula is C17H28F2N4O3. The van der Waals surface area contributed by atoms with Crippen molar-refractivity contribution < 1.29 is 22.9 Å².